The SMILES string of the molecule is CC1CCC(N)(C(=O)N=S(N)(=O)c2ccccc2)C1. The highest BCUT2D eigenvalue weighted by atomic mass is 32.2. The van der Waals surface area contributed by atoms with Gasteiger partial charge in [0.25, 0.3) is 5.91 Å². The number of benzene rings is 1. The van der Waals surface area contributed by atoms with E-state index in [0.29, 0.717) is 23.7 Å². The summed E-state index contributed by atoms with van der Waals surface area (Å²) in [6, 6.07) is 8.39. The molecule has 5 nitrogen and oxygen atoms in total. The Bertz CT molecular complexity index is 593. The summed E-state index contributed by atoms with van der Waals surface area (Å²) >= 11 is 0. The number of hydrogen-bond acceptors (Lipinski definition) is 3. The Hall–Kier alpha value is -1.24. The van der Waals surface area contributed by atoms with Gasteiger partial charge in [-0.2, -0.15) is 0 Å². The maximum atomic E-state index is 12.3. The van der Waals surface area contributed by atoms with Gasteiger partial charge in [0.05, 0.1) is 10.4 Å². The van der Waals surface area contributed by atoms with Gasteiger partial charge in [0.15, 0.2) is 0 Å². The first-order valence-corrected chi connectivity index (χ1v) is 7.85. The zero-order valence-electron chi connectivity index (χ0n) is 10.9. The van der Waals surface area contributed by atoms with E-state index in [9.17, 15) is 9.00 Å². The molecule has 3 atom stereocenters. The number of amides is 1. The standard InChI is InChI=1S/C13H19N3O2S/c1-10-7-8-13(14,9-10)12(17)16-19(15,18)11-5-3-2-4-6-11/h2-6,10H,7-9,14H2,1H3,(H2,15,16,17,18). The molecular weight excluding hydrogens is 262 g/mol. The molecule has 1 fully saturated rings. The molecule has 0 saturated heterocycles. The van der Waals surface area contributed by atoms with Crippen LogP contribution >= 0.6 is 0 Å². The van der Waals surface area contributed by atoms with Crippen molar-refractivity contribution in [3.63, 3.8) is 0 Å². The van der Waals surface area contributed by atoms with Crippen LogP contribution in [0.5, 0.6) is 0 Å². The number of rotatable bonds is 2. The van der Waals surface area contributed by atoms with E-state index >= 15 is 0 Å². The van der Waals surface area contributed by atoms with Gasteiger partial charge in [0, 0.05) is 0 Å². The molecule has 0 spiro atoms. The summed E-state index contributed by atoms with van der Waals surface area (Å²) in [5, 5.41) is 5.68. The molecule has 3 unspecified atom stereocenters. The third-order valence-electron chi connectivity index (χ3n) is 3.52. The maximum absolute atomic E-state index is 12.3. The Morgan fingerprint density at radius 3 is 2.58 bits per heavy atom. The lowest BCUT2D eigenvalue weighted by Gasteiger charge is -2.19. The summed E-state index contributed by atoms with van der Waals surface area (Å²) in [7, 11) is -3.21. The second kappa shape index (κ2) is 5.03. The molecule has 1 aliphatic carbocycles. The number of carbonyl (C=O) groups is 1. The molecule has 6 heteroatoms. The molecule has 1 aromatic rings. The third-order valence-corrected chi connectivity index (χ3v) is 4.91. The zero-order valence-corrected chi connectivity index (χ0v) is 11.7. The van der Waals surface area contributed by atoms with Crippen LogP contribution in [0.3, 0.4) is 0 Å². The summed E-state index contributed by atoms with van der Waals surface area (Å²) in [6.45, 7) is 2.04. The number of nitrogens with two attached hydrogens (primary N) is 2. The van der Waals surface area contributed by atoms with Crippen molar-refractivity contribution in [3.8, 4) is 0 Å². The first-order valence-electron chi connectivity index (χ1n) is 6.27. The molecule has 0 aromatic heterocycles. The first-order chi connectivity index (χ1) is 8.83. The Morgan fingerprint density at radius 2 is 2.05 bits per heavy atom. The predicted octanol–water partition coefficient (Wildman–Crippen LogP) is 1.43. The van der Waals surface area contributed by atoms with Crippen molar-refractivity contribution in [2.45, 2.75) is 36.6 Å². The van der Waals surface area contributed by atoms with Crippen LogP contribution in [0.2, 0.25) is 0 Å². The van der Waals surface area contributed by atoms with Crippen LogP contribution in [0.15, 0.2) is 39.6 Å². The van der Waals surface area contributed by atoms with Gasteiger partial charge in [-0.05, 0) is 37.3 Å². The van der Waals surface area contributed by atoms with E-state index in [2.05, 4.69) is 4.36 Å². The van der Waals surface area contributed by atoms with E-state index in [1.165, 1.54) is 0 Å². The minimum Gasteiger partial charge on any atom is -0.317 e. The molecular formula is C13H19N3O2S. The van der Waals surface area contributed by atoms with Crippen molar-refractivity contribution in [1.29, 1.82) is 0 Å². The molecule has 0 bridgehead atoms. The summed E-state index contributed by atoms with van der Waals surface area (Å²) in [5.41, 5.74) is 5.05. The normalized spacial score (nSPS) is 29.7. The largest absolute Gasteiger partial charge is 0.317 e. The topological polar surface area (TPSA) is 98.5 Å². The van der Waals surface area contributed by atoms with Crippen LogP contribution in [0.25, 0.3) is 0 Å². The molecule has 1 amide bonds. The van der Waals surface area contributed by atoms with Crippen molar-refractivity contribution >= 4 is 15.8 Å². The molecule has 0 aliphatic heterocycles. The van der Waals surface area contributed by atoms with Crippen molar-refractivity contribution < 1.29 is 9.00 Å². The van der Waals surface area contributed by atoms with E-state index < -0.39 is 21.4 Å². The van der Waals surface area contributed by atoms with E-state index in [0.717, 1.165) is 6.42 Å². The Labute approximate surface area is 113 Å². The lowest BCUT2D eigenvalue weighted by Crippen LogP contribution is -2.45. The summed E-state index contributed by atoms with van der Waals surface area (Å²) in [5.74, 6) is -0.164. The van der Waals surface area contributed by atoms with Crippen molar-refractivity contribution in [3.05, 3.63) is 30.3 Å². The third kappa shape index (κ3) is 3.02. The minimum absolute atomic E-state index is 0.345. The molecule has 104 valence electrons. The minimum atomic E-state index is -3.21. The first kappa shape index (κ1) is 14.2. The zero-order chi connectivity index (χ0) is 14.1. The highest BCUT2D eigenvalue weighted by molar-refractivity contribution is 7.91. The van der Waals surface area contributed by atoms with Crippen molar-refractivity contribution in [2.75, 3.05) is 0 Å². The lowest BCUT2D eigenvalue weighted by molar-refractivity contribution is -0.122. The molecule has 0 radical (unpaired) electrons. The van der Waals surface area contributed by atoms with Crippen molar-refractivity contribution in [1.82, 2.24) is 0 Å². The van der Waals surface area contributed by atoms with Crippen LogP contribution in [-0.4, -0.2) is 15.7 Å². The van der Waals surface area contributed by atoms with Crippen molar-refractivity contribution in [2.24, 2.45) is 21.2 Å². The Morgan fingerprint density at radius 1 is 1.42 bits per heavy atom. The lowest BCUT2D eigenvalue weighted by atomic mass is 9.97. The molecule has 19 heavy (non-hydrogen) atoms. The quantitative estimate of drug-likeness (QED) is 0.857. The van der Waals surface area contributed by atoms with Gasteiger partial charge >= 0.3 is 0 Å². The van der Waals surface area contributed by atoms with Crippen LogP contribution in [0.4, 0.5) is 0 Å². The second-order valence-corrected chi connectivity index (χ2v) is 7.07. The fraction of sp³-hybridized carbons (Fsp3) is 0.462. The van der Waals surface area contributed by atoms with E-state index in [1.807, 2.05) is 6.92 Å². The fourth-order valence-corrected chi connectivity index (χ4v) is 3.49. The van der Waals surface area contributed by atoms with Gasteiger partial charge in [0.2, 0.25) is 0 Å². The Kier molecular flexibility index (Phi) is 3.75. The second-order valence-electron chi connectivity index (χ2n) is 5.28. The number of carbonyl (C=O) groups excluding carboxylic acids is 1. The van der Waals surface area contributed by atoms with Gasteiger partial charge in [-0.1, -0.05) is 25.1 Å². The number of hydrogen-bond donors (Lipinski definition) is 2. The predicted molar refractivity (Wildman–Crippen MR) is 74.4 cm³/mol. The highest BCUT2D eigenvalue weighted by Crippen LogP contribution is 2.33. The van der Waals surface area contributed by atoms with Gasteiger partial charge in [0.1, 0.15) is 9.92 Å². The smallest absolute Gasteiger partial charge is 0.275 e. The van der Waals surface area contributed by atoms with Crippen LogP contribution in [0.1, 0.15) is 26.2 Å². The average Bonchev–Trinajstić information content (AvgIpc) is 2.71. The summed E-state index contributed by atoms with van der Waals surface area (Å²) in [6.07, 6.45) is 2.02. The average molecular weight is 281 g/mol. The fourth-order valence-electron chi connectivity index (χ4n) is 2.41. The maximum Gasteiger partial charge on any atom is 0.275 e. The molecule has 4 N–H and O–H groups in total. The summed E-state index contributed by atoms with van der Waals surface area (Å²) in [4.78, 5) is 12.5. The monoisotopic (exact) mass is 281 g/mol. The van der Waals surface area contributed by atoms with Gasteiger partial charge < -0.3 is 5.73 Å². The summed E-state index contributed by atoms with van der Waals surface area (Å²) < 4.78 is 16.0. The molecule has 1 saturated carbocycles. The van der Waals surface area contributed by atoms with Crippen LogP contribution < -0.4 is 10.9 Å². The molecule has 1 aliphatic rings. The molecule has 2 rings (SSSR count). The Balaban J connectivity index is 2.31. The van der Waals surface area contributed by atoms with E-state index in [4.69, 9.17) is 10.9 Å². The van der Waals surface area contributed by atoms with Crippen LogP contribution in [0, 0.1) is 5.92 Å². The molecule has 1 aromatic carbocycles. The van der Waals surface area contributed by atoms with E-state index in [-0.39, 0.29) is 0 Å². The highest BCUT2D eigenvalue weighted by Gasteiger charge is 2.41. The van der Waals surface area contributed by atoms with Gasteiger partial charge in [-0.3, -0.25) is 4.79 Å². The number of nitrogens with zero attached hydrogens (tertiary/aromatic N) is 1. The van der Waals surface area contributed by atoms with E-state index in [1.54, 1.807) is 30.3 Å². The van der Waals surface area contributed by atoms with Crippen LogP contribution in [-0.2, 0) is 14.7 Å². The molecule has 0 heterocycles. The van der Waals surface area contributed by atoms with Gasteiger partial charge in [-0.15, -0.1) is 4.36 Å². The van der Waals surface area contributed by atoms with Gasteiger partial charge in [-0.25, -0.2) is 9.35 Å².